The molecular formula is C10H20N4. The fraction of sp³-hybridized carbons (Fsp3) is 0.800. The van der Waals surface area contributed by atoms with Crippen LogP contribution in [-0.4, -0.2) is 6.54 Å². The van der Waals surface area contributed by atoms with Crippen LogP contribution in [0.25, 0.3) is 0 Å². The topological polar surface area (TPSA) is 48.1 Å². The first-order chi connectivity index (χ1) is 7.00. The molecule has 0 atom stereocenters. The highest BCUT2D eigenvalue weighted by atomic mass is 15.7. The van der Waals surface area contributed by atoms with Crippen LogP contribution in [0.15, 0.2) is 0 Å². The van der Waals surface area contributed by atoms with E-state index < -0.39 is 0 Å². The molecule has 0 spiro atoms. The maximum Gasteiger partial charge on any atom is 0.0213 e. The van der Waals surface area contributed by atoms with Crippen LogP contribution in [0.2, 0.25) is 0 Å². The van der Waals surface area contributed by atoms with Crippen molar-refractivity contribution in [2.75, 3.05) is 6.54 Å². The molecular weight excluding hydrogens is 176 g/mol. The molecule has 1 aliphatic heterocycles. The average Bonchev–Trinajstić information content (AvgIpc) is 2.22. The third-order valence-electron chi connectivity index (χ3n) is 2.22. The number of hydrogen-bond donors (Lipinski definition) is 4. The van der Waals surface area contributed by atoms with Crippen LogP contribution < -0.4 is 21.9 Å². The summed E-state index contributed by atoms with van der Waals surface area (Å²) in [5, 5.41) is 0. The van der Waals surface area contributed by atoms with E-state index in [0.29, 0.717) is 0 Å². The van der Waals surface area contributed by atoms with E-state index in [1.54, 1.807) is 0 Å². The number of hydrogen-bond acceptors (Lipinski definition) is 4. The predicted octanol–water partition coefficient (Wildman–Crippen LogP) is 0.795. The van der Waals surface area contributed by atoms with Crippen LogP contribution in [-0.2, 0) is 0 Å². The van der Waals surface area contributed by atoms with Crippen molar-refractivity contribution >= 4 is 0 Å². The Bertz CT molecular complexity index is 164. The highest BCUT2D eigenvalue weighted by Crippen LogP contribution is 2.06. The van der Waals surface area contributed by atoms with Gasteiger partial charge in [-0.2, -0.15) is 11.1 Å². The van der Waals surface area contributed by atoms with Gasteiger partial charge < -0.3 is 0 Å². The summed E-state index contributed by atoms with van der Waals surface area (Å²) in [6.45, 7) is 0.988. The van der Waals surface area contributed by atoms with Gasteiger partial charge in [0.15, 0.2) is 0 Å². The molecule has 4 nitrogen and oxygen atoms in total. The normalized spacial score (nSPS) is 21.1. The number of rotatable bonds is 0. The summed E-state index contributed by atoms with van der Waals surface area (Å²) in [6, 6.07) is 2.83. The molecule has 1 heterocycles. The summed E-state index contributed by atoms with van der Waals surface area (Å²) in [5.41, 5.74) is 11.4. The minimum absolute atomic E-state index is 0.988. The second-order valence-corrected chi connectivity index (χ2v) is 3.47. The van der Waals surface area contributed by atoms with Crippen LogP contribution in [0.4, 0.5) is 0 Å². The molecule has 0 aromatic heterocycles. The molecule has 0 saturated carbocycles. The molecule has 1 rings (SSSR count). The van der Waals surface area contributed by atoms with Gasteiger partial charge in [-0.1, -0.05) is 31.6 Å². The summed E-state index contributed by atoms with van der Waals surface area (Å²) in [4.78, 5) is 0. The zero-order valence-corrected chi connectivity index (χ0v) is 8.66. The van der Waals surface area contributed by atoms with Crippen molar-refractivity contribution in [3.8, 4) is 12.0 Å². The third-order valence-corrected chi connectivity index (χ3v) is 2.22. The van der Waals surface area contributed by atoms with Gasteiger partial charge in [0.05, 0.1) is 0 Å². The molecule has 0 aliphatic carbocycles. The Hall–Kier alpha value is -0.760. The smallest absolute Gasteiger partial charge is 0.0213 e. The van der Waals surface area contributed by atoms with Crippen LogP contribution in [0.1, 0.15) is 44.9 Å². The SMILES string of the molecule is C1#CNNNNCCCCCCCC1. The van der Waals surface area contributed by atoms with Crippen molar-refractivity contribution in [1.29, 1.82) is 0 Å². The lowest BCUT2D eigenvalue weighted by Gasteiger charge is -2.07. The van der Waals surface area contributed by atoms with Gasteiger partial charge in [-0.15, -0.1) is 0 Å². The number of hydrazine groups is 3. The van der Waals surface area contributed by atoms with Gasteiger partial charge in [-0.3, -0.25) is 5.43 Å². The van der Waals surface area contributed by atoms with E-state index >= 15 is 0 Å². The molecule has 0 unspecified atom stereocenters. The first-order valence-corrected chi connectivity index (χ1v) is 5.46. The Morgan fingerprint density at radius 3 is 2.50 bits per heavy atom. The van der Waals surface area contributed by atoms with E-state index in [2.05, 4.69) is 33.9 Å². The predicted molar refractivity (Wildman–Crippen MR) is 57.5 cm³/mol. The fourth-order valence-corrected chi connectivity index (χ4v) is 1.41. The zero-order chi connectivity index (χ0) is 9.90. The third kappa shape index (κ3) is 6.72. The minimum Gasteiger partial charge on any atom is -0.266 e. The Morgan fingerprint density at radius 2 is 1.57 bits per heavy atom. The van der Waals surface area contributed by atoms with Crippen molar-refractivity contribution in [3.05, 3.63) is 0 Å². The Balaban J connectivity index is 2.12. The van der Waals surface area contributed by atoms with E-state index in [-0.39, 0.29) is 0 Å². The molecule has 0 saturated heterocycles. The second kappa shape index (κ2) is 8.82. The second-order valence-electron chi connectivity index (χ2n) is 3.47. The van der Waals surface area contributed by atoms with Crippen LogP contribution >= 0.6 is 0 Å². The van der Waals surface area contributed by atoms with Crippen LogP contribution in [0.5, 0.6) is 0 Å². The summed E-state index contributed by atoms with van der Waals surface area (Å²) in [7, 11) is 0. The molecule has 80 valence electrons. The summed E-state index contributed by atoms with van der Waals surface area (Å²) in [5.74, 6) is 3.05. The van der Waals surface area contributed by atoms with Gasteiger partial charge in [-0.25, -0.2) is 5.43 Å². The fourth-order valence-electron chi connectivity index (χ4n) is 1.41. The quantitative estimate of drug-likeness (QED) is 0.433. The first-order valence-electron chi connectivity index (χ1n) is 5.46. The maximum absolute atomic E-state index is 3.05. The maximum atomic E-state index is 3.05. The highest BCUT2D eigenvalue weighted by molar-refractivity contribution is 4.94. The van der Waals surface area contributed by atoms with E-state index in [0.717, 1.165) is 13.0 Å². The Morgan fingerprint density at radius 1 is 0.786 bits per heavy atom. The van der Waals surface area contributed by atoms with Crippen molar-refractivity contribution in [2.24, 2.45) is 0 Å². The summed E-state index contributed by atoms with van der Waals surface area (Å²) >= 11 is 0. The number of nitrogens with one attached hydrogen (secondary N) is 4. The van der Waals surface area contributed by atoms with Crippen molar-refractivity contribution in [3.63, 3.8) is 0 Å². The molecule has 4 N–H and O–H groups in total. The van der Waals surface area contributed by atoms with Gasteiger partial charge >= 0.3 is 0 Å². The zero-order valence-electron chi connectivity index (χ0n) is 8.66. The molecule has 0 fully saturated rings. The van der Waals surface area contributed by atoms with Crippen molar-refractivity contribution in [1.82, 2.24) is 21.9 Å². The van der Waals surface area contributed by atoms with E-state index in [1.165, 1.54) is 38.5 Å². The monoisotopic (exact) mass is 196 g/mol. The first kappa shape index (κ1) is 11.3. The van der Waals surface area contributed by atoms with Crippen molar-refractivity contribution in [2.45, 2.75) is 44.9 Å². The lowest BCUT2D eigenvalue weighted by molar-refractivity contribution is 0.400. The highest BCUT2D eigenvalue weighted by Gasteiger charge is 1.91. The van der Waals surface area contributed by atoms with Gasteiger partial charge in [-0.05, 0) is 12.8 Å². The molecule has 4 heteroatoms. The lowest BCUT2D eigenvalue weighted by atomic mass is 10.1. The van der Waals surface area contributed by atoms with Gasteiger partial charge in [0, 0.05) is 19.0 Å². The Kier molecular flexibility index (Phi) is 7.13. The van der Waals surface area contributed by atoms with E-state index in [1.807, 2.05) is 0 Å². The summed E-state index contributed by atoms with van der Waals surface area (Å²) < 4.78 is 0. The Labute approximate surface area is 86.1 Å². The minimum atomic E-state index is 0.988. The molecule has 0 radical (unpaired) electrons. The molecule has 0 aromatic carbocycles. The average molecular weight is 196 g/mol. The molecule has 1 aliphatic rings. The lowest BCUT2D eigenvalue weighted by Crippen LogP contribution is -2.49. The van der Waals surface area contributed by atoms with Crippen LogP contribution in [0.3, 0.4) is 0 Å². The molecule has 0 amide bonds. The summed E-state index contributed by atoms with van der Waals surface area (Å²) in [6.07, 6.45) is 8.76. The van der Waals surface area contributed by atoms with Gasteiger partial charge in [0.1, 0.15) is 0 Å². The molecule has 0 bridgehead atoms. The standard InChI is InChI=1S/C10H20N4/c1-2-4-6-8-10-12-14-13-11-9-7-5-3-1/h11-14H,1-7,9H2. The van der Waals surface area contributed by atoms with Gasteiger partial charge in [0.25, 0.3) is 0 Å². The van der Waals surface area contributed by atoms with Gasteiger partial charge in [0.2, 0.25) is 0 Å². The van der Waals surface area contributed by atoms with E-state index in [9.17, 15) is 0 Å². The largest absolute Gasteiger partial charge is 0.266 e. The van der Waals surface area contributed by atoms with Crippen molar-refractivity contribution < 1.29 is 0 Å². The van der Waals surface area contributed by atoms with E-state index in [4.69, 9.17) is 0 Å². The molecule has 14 heavy (non-hydrogen) atoms. The van der Waals surface area contributed by atoms with Crippen LogP contribution in [0, 0.1) is 12.0 Å². The molecule has 0 aromatic rings.